The summed E-state index contributed by atoms with van der Waals surface area (Å²) in [5.41, 5.74) is 2.16. The standard InChI is InChI=1S/C17H21Cl2NO/c1-12-10-17(7-3-2-4-8-17)20(16(21)11-18)15-6-5-13(19)9-14(12)15/h5-6,9,12H,2-4,7-8,10-11H2,1H3/t12-/m0/s1. The molecule has 2 nitrogen and oxygen atoms in total. The van der Waals surface area contributed by atoms with Crippen LogP contribution in [0.1, 0.15) is 56.9 Å². The van der Waals surface area contributed by atoms with Crippen molar-refractivity contribution < 1.29 is 4.79 Å². The van der Waals surface area contributed by atoms with E-state index in [1.165, 1.54) is 24.8 Å². The van der Waals surface area contributed by atoms with Crippen molar-refractivity contribution in [2.45, 2.75) is 56.9 Å². The number of halogens is 2. The van der Waals surface area contributed by atoms with E-state index in [9.17, 15) is 4.79 Å². The van der Waals surface area contributed by atoms with Crippen LogP contribution >= 0.6 is 23.2 Å². The normalized spacial score (nSPS) is 24.0. The highest BCUT2D eigenvalue weighted by molar-refractivity contribution is 6.31. The molecule has 2 aliphatic rings. The van der Waals surface area contributed by atoms with Gasteiger partial charge in [-0.05, 0) is 48.9 Å². The van der Waals surface area contributed by atoms with Gasteiger partial charge in [-0.15, -0.1) is 11.6 Å². The quantitative estimate of drug-likeness (QED) is 0.656. The van der Waals surface area contributed by atoms with Crippen LogP contribution in [-0.4, -0.2) is 17.3 Å². The summed E-state index contributed by atoms with van der Waals surface area (Å²) in [5.74, 6) is 0.489. The van der Waals surface area contributed by atoms with Gasteiger partial charge in [-0.2, -0.15) is 0 Å². The molecule has 1 aromatic rings. The Morgan fingerprint density at radius 1 is 1.33 bits per heavy atom. The molecular weight excluding hydrogens is 305 g/mol. The Kier molecular flexibility index (Phi) is 4.20. The molecule has 0 saturated heterocycles. The van der Waals surface area contributed by atoms with Crippen LogP contribution < -0.4 is 4.90 Å². The number of amides is 1. The smallest absolute Gasteiger partial charge is 0.242 e. The number of fused-ring (bicyclic) bond motifs is 1. The highest BCUT2D eigenvalue weighted by Gasteiger charge is 2.46. The minimum atomic E-state index is -0.0372. The predicted molar refractivity (Wildman–Crippen MR) is 88.5 cm³/mol. The third-order valence-corrected chi connectivity index (χ3v) is 5.53. The maximum atomic E-state index is 12.6. The van der Waals surface area contributed by atoms with E-state index in [2.05, 4.69) is 6.92 Å². The number of hydrogen-bond donors (Lipinski definition) is 0. The average Bonchev–Trinajstić information content (AvgIpc) is 2.48. The molecule has 3 rings (SSSR count). The highest BCUT2D eigenvalue weighted by Crippen LogP contribution is 2.50. The third kappa shape index (κ3) is 2.57. The topological polar surface area (TPSA) is 20.3 Å². The van der Waals surface area contributed by atoms with Gasteiger partial charge in [0.25, 0.3) is 0 Å². The Labute approximate surface area is 136 Å². The van der Waals surface area contributed by atoms with Gasteiger partial charge in [0.2, 0.25) is 5.91 Å². The Balaban J connectivity index is 2.12. The molecule has 1 fully saturated rings. The molecule has 1 heterocycles. The molecule has 1 spiro atoms. The van der Waals surface area contributed by atoms with Crippen molar-refractivity contribution >= 4 is 34.8 Å². The molecule has 0 N–H and O–H groups in total. The lowest BCUT2D eigenvalue weighted by atomic mass is 9.70. The van der Waals surface area contributed by atoms with E-state index in [4.69, 9.17) is 23.2 Å². The lowest BCUT2D eigenvalue weighted by molar-refractivity contribution is -0.118. The van der Waals surface area contributed by atoms with E-state index in [0.29, 0.717) is 5.92 Å². The number of hydrogen-bond acceptors (Lipinski definition) is 1. The first-order chi connectivity index (χ1) is 10.1. The summed E-state index contributed by atoms with van der Waals surface area (Å²) in [7, 11) is 0. The average molecular weight is 326 g/mol. The number of benzene rings is 1. The summed E-state index contributed by atoms with van der Waals surface area (Å²) in [5, 5.41) is 0.735. The van der Waals surface area contributed by atoms with E-state index in [1.807, 2.05) is 23.1 Å². The van der Waals surface area contributed by atoms with Crippen LogP contribution in [0, 0.1) is 0 Å². The van der Waals surface area contributed by atoms with Gasteiger partial charge in [0.1, 0.15) is 5.88 Å². The second-order valence-corrected chi connectivity index (χ2v) is 7.16. The maximum Gasteiger partial charge on any atom is 0.242 e. The molecule has 1 aliphatic heterocycles. The van der Waals surface area contributed by atoms with Gasteiger partial charge in [0.05, 0.1) is 0 Å². The summed E-state index contributed by atoms with van der Waals surface area (Å²) in [4.78, 5) is 14.6. The Hall–Kier alpha value is -0.730. The number of nitrogens with zero attached hydrogens (tertiary/aromatic N) is 1. The minimum absolute atomic E-state index is 0.0223. The van der Waals surface area contributed by atoms with E-state index in [0.717, 1.165) is 30.0 Å². The molecule has 0 bridgehead atoms. The lowest BCUT2D eigenvalue weighted by Gasteiger charge is -2.52. The van der Waals surface area contributed by atoms with Crippen molar-refractivity contribution in [1.29, 1.82) is 0 Å². The van der Waals surface area contributed by atoms with Crippen LogP contribution in [0.2, 0.25) is 5.02 Å². The Morgan fingerprint density at radius 3 is 2.71 bits per heavy atom. The monoisotopic (exact) mass is 325 g/mol. The van der Waals surface area contributed by atoms with Crippen LogP contribution in [0.25, 0.3) is 0 Å². The third-order valence-electron chi connectivity index (χ3n) is 5.07. The first-order valence-electron chi connectivity index (χ1n) is 7.76. The van der Waals surface area contributed by atoms with Crippen LogP contribution in [0.5, 0.6) is 0 Å². The number of rotatable bonds is 1. The van der Waals surface area contributed by atoms with E-state index >= 15 is 0 Å². The van der Waals surface area contributed by atoms with Crippen LogP contribution in [-0.2, 0) is 4.79 Å². The first kappa shape index (κ1) is 15.2. The molecule has 21 heavy (non-hydrogen) atoms. The number of carbonyl (C=O) groups excluding carboxylic acids is 1. The van der Waals surface area contributed by atoms with Gasteiger partial charge >= 0.3 is 0 Å². The summed E-state index contributed by atoms with van der Waals surface area (Å²) in [6, 6.07) is 5.88. The van der Waals surface area contributed by atoms with Crippen molar-refractivity contribution in [2.75, 3.05) is 10.8 Å². The minimum Gasteiger partial charge on any atom is -0.305 e. The number of anilines is 1. The van der Waals surface area contributed by atoms with E-state index < -0.39 is 0 Å². The molecular formula is C17H21Cl2NO. The van der Waals surface area contributed by atoms with E-state index in [-0.39, 0.29) is 17.3 Å². The zero-order valence-corrected chi connectivity index (χ0v) is 13.9. The fraction of sp³-hybridized carbons (Fsp3) is 0.588. The fourth-order valence-corrected chi connectivity index (χ4v) is 4.55. The van der Waals surface area contributed by atoms with E-state index in [1.54, 1.807) is 0 Å². The predicted octanol–water partition coefficient (Wildman–Crippen LogP) is 5.12. The molecule has 1 atom stereocenters. The van der Waals surface area contributed by atoms with Gasteiger partial charge in [0, 0.05) is 16.2 Å². The van der Waals surface area contributed by atoms with Crippen molar-refractivity contribution in [3.05, 3.63) is 28.8 Å². The summed E-state index contributed by atoms with van der Waals surface area (Å²) in [6.45, 7) is 2.24. The summed E-state index contributed by atoms with van der Waals surface area (Å²) < 4.78 is 0. The summed E-state index contributed by atoms with van der Waals surface area (Å²) in [6.07, 6.45) is 6.85. The second kappa shape index (κ2) is 5.81. The van der Waals surface area contributed by atoms with Crippen LogP contribution in [0.15, 0.2) is 18.2 Å². The molecule has 1 aromatic carbocycles. The van der Waals surface area contributed by atoms with Gasteiger partial charge in [-0.3, -0.25) is 4.79 Å². The molecule has 114 valence electrons. The van der Waals surface area contributed by atoms with Gasteiger partial charge in [-0.25, -0.2) is 0 Å². The zero-order chi connectivity index (χ0) is 15.0. The molecule has 1 amide bonds. The summed E-state index contributed by atoms with van der Waals surface area (Å²) >= 11 is 12.1. The highest BCUT2D eigenvalue weighted by atomic mass is 35.5. The second-order valence-electron chi connectivity index (χ2n) is 6.46. The molecule has 1 aliphatic carbocycles. The van der Waals surface area contributed by atoms with Gasteiger partial charge in [0.15, 0.2) is 0 Å². The maximum absolute atomic E-state index is 12.6. The number of alkyl halides is 1. The lowest BCUT2D eigenvalue weighted by Crippen LogP contribution is -2.56. The molecule has 0 unspecified atom stereocenters. The van der Waals surface area contributed by atoms with Crippen molar-refractivity contribution in [3.63, 3.8) is 0 Å². The largest absolute Gasteiger partial charge is 0.305 e. The molecule has 4 heteroatoms. The van der Waals surface area contributed by atoms with Gasteiger partial charge in [-0.1, -0.05) is 37.8 Å². The van der Waals surface area contributed by atoms with Gasteiger partial charge < -0.3 is 4.90 Å². The van der Waals surface area contributed by atoms with Crippen molar-refractivity contribution in [1.82, 2.24) is 0 Å². The number of carbonyl (C=O) groups is 1. The molecule has 0 radical (unpaired) electrons. The van der Waals surface area contributed by atoms with Crippen molar-refractivity contribution in [3.8, 4) is 0 Å². The van der Waals surface area contributed by atoms with Crippen LogP contribution in [0.3, 0.4) is 0 Å². The first-order valence-corrected chi connectivity index (χ1v) is 8.67. The molecule has 0 aromatic heterocycles. The molecule has 1 saturated carbocycles. The SMILES string of the molecule is C[C@H]1CC2(CCCCC2)N(C(=O)CCl)c2ccc(Cl)cc21. The fourth-order valence-electron chi connectivity index (χ4n) is 4.25. The Morgan fingerprint density at radius 2 is 2.05 bits per heavy atom. The van der Waals surface area contributed by atoms with Crippen molar-refractivity contribution in [2.24, 2.45) is 0 Å². The Bertz CT molecular complexity index is 552. The zero-order valence-electron chi connectivity index (χ0n) is 12.4. The van der Waals surface area contributed by atoms with Crippen LogP contribution in [0.4, 0.5) is 5.69 Å².